The van der Waals surface area contributed by atoms with Crippen LogP contribution in [0.1, 0.15) is 84.6 Å². The molecule has 0 radical (unpaired) electrons. The van der Waals surface area contributed by atoms with Crippen molar-refractivity contribution in [2.75, 3.05) is 34.4 Å². The number of nitrogens with zero attached hydrogens (tertiary/aromatic N) is 14. The monoisotopic (exact) mass is 1050 g/mol. The summed E-state index contributed by atoms with van der Waals surface area (Å²) >= 11 is 3.25. The molecule has 20 nitrogen and oxygen atoms in total. The van der Waals surface area contributed by atoms with E-state index < -0.39 is 34.6 Å². The molecule has 4 saturated heterocycles. The molecule has 0 saturated carbocycles. The Morgan fingerprint density at radius 1 is 0.662 bits per heavy atom. The standard InChI is InChI=1S/C24H29F2N9O.C22H26BrF2N9O/c1-5-14-9-17(25)19(11-20(14)35-23(36)33(4)31-32-35)29-22-27-13-18(26)21(30-22)28-15-10-16-7-6-8-34(16)24(2,3)12-15;1-22(2)10-12(7-13-5-4-6-33(13)22)27-19-16(25)11-26-20(29-19)28-17-9-18(14(23)8-15(17)24)34-21(35)32(3)30-31-34/h5,9,11,13,15-16H,1,6-8,10,12H2,2-4H3,(H2,27,28,29,30);8-9,11-13H,4-7,10H2,1-3H3,(H2,26,27,28,29)/t15-,16+;12-,13+/m11/s1. The fourth-order valence-electron chi connectivity index (χ4n) is 10.7. The molecule has 4 aromatic heterocycles. The number of aromatic nitrogens is 12. The number of nitrogens with one attached hydrogen (secondary N) is 4. The predicted molar refractivity (Wildman–Crippen MR) is 262 cm³/mol. The molecule has 2 aromatic carbocycles. The van der Waals surface area contributed by atoms with Crippen molar-refractivity contribution >= 4 is 56.9 Å². The highest BCUT2D eigenvalue weighted by Gasteiger charge is 2.44. The van der Waals surface area contributed by atoms with E-state index in [9.17, 15) is 27.2 Å². The Hall–Kier alpha value is -6.60. The number of halogens is 5. The van der Waals surface area contributed by atoms with Crippen molar-refractivity contribution in [1.82, 2.24) is 69.3 Å². The molecule has 4 atom stereocenters. The molecule has 0 amide bonds. The Labute approximate surface area is 414 Å². The number of hydrogen-bond donors (Lipinski definition) is 4. The first-order chi connectivity index (χ1) is 33.8. The molecule has 4 aliphatic heterocycles. The van der Waals surface area contributed by atoms with Gasteiger partial charge in [-0.15, -0.1) is 0 Å². The van der Waals surface area contributed by atoms with Crippen LogP contribution in [0.2, 0.25) is 0 Å². The van der Waals surface area contributed by atoms with Gasteiger partial charge in [0.1, 0.15) is 11.6 Å². The van der Waals surface area contributed by atoms with Crippen molar-refractivity contribution in [2.45, 2.75) is 114 Å². The van der Waals surface area contributed by atoms with Gasteiger partial charge in [-0.1, -0.05) is 12.7 Å². The number of anilines is 6. The molecule has 71 heavy (non-hydrogen) atoms. The number of tetrazole rings is 2. The first kappa shape index (κ1) is 49.4. The minimum absolute atomic E-state index is 0.00120. The number of piperidine rings is 2. The molecule has 4 fully saturated rings. The maximum atomic E-state index is 14.9. The van der Waals surface area contributed by atoms with Gasteiger partial charge in [0.15, 0.2) is 23.3 Å². The SMILES string of the molecule is C=Cc1cc(F)c(Nc2ncc(F)c(N[C@@H]3C[C@@H]4CCCN4C(C)(C)C3)n2)cc1-n1nnn(C)c1=O.Cn1nnn(-c2cc(Nc3ncc(F)c(N[C@@H]4C[C@@H]5CCCN5C(C)(C)C4)n3)c(F)cc2Br)c1=O. The summed E-state index contributed by atoms with van der Waals surface area (Å²) in [6, 6.07) is 6.23. The Morgan fingerprint density at radius 3 is 1.56 bits per heavy atom. The van der Waals surface area contributed by atoms with Crippen molar-refractivity contribution in [1.29, 1.82) is 0 Å². The third kappa shape index (κ3) is 10.2. The zero-order valence-corrected chi connectivity index (χ0v) is 41.7. The Kier molecular flexibility index (Phi) is 13.6. The van der Waals surface area contributed by atoms with Crippen molar-refractivity contribution in [3.63, 3.8) is 0 Å². The van der Waals surface area contributed by atoms with Crippen LogP contribution in [0.15, 0.2) is 57.3 Å². The molecular weight excluding hydrogens is 993 g/mol. The van der Waals surface area contributed by atoms with Gasteiger partial charge in [0.25, 0.3) is 0 Å². The number of rotatable bonds is 11. The number of hydrogen-bond acceptors (Lipinski definition) is 16. The third-order valence-electron chi connectivity index (χ3n) is 13.8. The molecular formula is C46H55BrF4N18O2. The van der Waals surface area contributed by atoms with Gasteiger partial charge in [0, 0.05) is 59.4 Å². The second kappa shape index (κ2) is 19.5. The molecule has 6 aromatic rings. The molecule has 4 N–H and O–H groups in total. The van der Waals surface area contributed by atoms with Gasteiger partial charge >= 0.3 is 11.4 Å². The van der Waals surface area contributed by atoms with Gasteiger partial charge in [-0.05, 0) is 153 Å². The quantitative estimate of drug-likeness (QED) is 0.101. The molecule has 0 unspecified atom stereocenters. The second-order valence-corrected chi connectivity index (χ2v) is 20.5. The molecule has 0 aliphatic carbocycles. The molecule has 8 heterocycles. The van der Waals surface area contributed by atoms with E-state index in [1.165, 1.54) is 57.3 Å². The summed E-state index contributed by atoms with van der Waals surface area (Å²) in [5, 5.41) is 27.1. The van der Waals surface area contributed by atoms with Crippen LogP contribution in [0, 0.1) is 23.3 Å². The fourth-order valence-corrected chi connectivity index (χ4v) is 11.2. The van der Waals surface area contributed by atoms with Gasteiger partial charge in [-0.2, -0.15) is 28.7 Å². The number of benzene rings is 2. The summed E-state index contributed by atoms with van der Waals surface area (Å²) in [7, 11) is 2.92. The fraction of sp³-hybridized carbons (Fsp3) is 0.478. The Morgan fingerprint density at radius 2 is 1.11 bits per heavy atom. The van der Waals surface area contributed by atoms with Gasteiger partial charge in [-0.3, -0.25) is 9.80 Å². The highest BCUT2D eigenvalue weighted by Crippen LogP contribution is 2.40. The lowest BCUT2D eigenvalue weighted by atomic mass is 9.84. The maximum Gasteiger partial charge on any atom is 0.368 e. The zero-order chi connectivity index (χ0) is 50.5. The average molecular weight is 1050 g/mol. The van der Waals surface area contributed by atoms with Crippen LogP contribution in [-0.4, -0.2) is 118 Å². The van der Waals surface area contributed by atoms with Crippen LogP contribution in [0.4, 0.5) is 52.5 Å². The number of fused-ring (bicyclic) bond motifs is 2. The van der Waals surface area contributed by atoms with Crippen LogP contribution in [0.3, 0.4) is 0 Å². The van der Waals surface area contributed by atoms with E-state index in [4.69, 9.17) is 0 Å². The third-order valence-corrected chi connectivity index (χ3v) is 14.5. The minimum Gasteiger partial charge on any atom is -0.365 e. The molecule has 4 aliphatic rings. The second-order valence-electron chi connectivity index (χ2n) is 19.7. The van der Waals surface area contributed by atoms with E-state index in [2.05, 4.69) is 122 Å². The molecule has 376 valence electrons. The molecule has 25 heteroatoms. The van der Waals surface area contributed by atoms with E-state index >= 15 is 0 Å². The normalized spacial score (nSPS) is 21.5. The van der Waals surface area contributed by atoms with Crippen LogP contribution in [0.5, 0.6) is 0 Å². The summed E-state index contributed by atoms with van der Waals surface area (Å²) in [5.41, 5.74) is -0.0889. The lowest BCUT2D eigenvalue weighted by Gasteiger charge is -2.47. The maximum absolute atomic E-state index is 14.9. The molecule has 0 spiro atoms. The zero-order valence-electron chi connectivity index (χ0n) is 40.1. The van der Waals surface area contributed by atoms with Crippen LogP contribution < -0.4 is 32.6 Å². The topological polar surface area (TPSA) is 212 Å². The Bertz CT molecular complexity index is 3100. The van der Waals surface area contributed by atoms with Gasteiger partial charge in [0.05, 0.1) is 35.1 Å². The Balaban J connectivity index is 0.000000176. The summed E-state index contributed by atoms with van der Waals surface area (Å²) < 4.78 is 63.4. The van der Waals surface area contributed by atoms with Gasteiger partial charge in [0.2, 0.25) is 11.9 Å². The van der Waals surface area contributed by atoms with Crippen LogP contribution in [-0.2, 0) is 14.1 Å². The van der Waals surface area contributed by atoms with Crippen LogP contribution >= 0.6 is 15.9 Å². The van der Waals surface area contributed by atoms with E-state index in [1.807, 2.05) is 0 Å². The van der Waals surface area contributed by atoms with E-state index in [1.54, 1.807) is 0 Å². The van der Waals surface area contributed by atoms with Crippen molar-refractivity contribution in [3.05, 3.63) is 97.5 Å². The summed E-state index contributed by atoms with van der Waals surface area (Å²) in [4.78, 5) is 46.2. The summed E-state index contributed by atoms with van der Waals surface area (Å²) in [6.07, 6.45) is 11.7. The van der Waals surface area contributed by atoms with E-state index in [-0.39, 0.29) is 69.4 Å². The molecule has 10 rings (SSSR count). The first-order valence-corrected chi connectivity index (χ1v) is 24.2. The first-order valence-electron chi connectivity index (χ1n) is 23.4. The number of aryl methyl sites for hydroxylation is 2. The highest BCUT2D eigenvalue weighted by molar-refractivity contribution is 9.10. The smallest absolute Gasteiger partial charge is 0.365 e. The lowest BCUT2D eigenvalue weighted by molar-refractivity contribution is 0.0498. The van der Waals surface area contributed by atoms with Gasteiger partial charge in [-0.25, -0.2) is 37.1 Å². The lowest BCUT2D eigenvalue weighted by Crippen LogP contribution is -2.55. The van der Waals surface area contributed by atoms with Crippen molar-refractivity contribution in [2.24, 2.45) is 14.1 Å². The van der Waals surface area contributed by atoms with E-state index in [0.29, 0.717) is 22.1 Å². The average Bonchev–Trinajstić information content (AvgIpc) is 4.14. The van der Waals surface area contributed by atoms with Gasteiger partial charge < -0.3 is 21.3 Å². The minimum atomic E-state index is -0.622. The van der Waals surface area contributed by atoms with Crippen molar-refractivity contribution in [3.8, 4) is 11.4 Å². The molecule has 0 bridgehead atoms. The van der Waals surface area contributed by atoms with Crippen molar-refractivity contribution < 1.29 is 17.6 Å². The largest absolute Gasteiger partial charge is 0.368 e. The summed E-state index contributed by atoms with van der Waals surface area (Å²) in [6.45, 7) is 14.8. The summed E-state index contributed by atoms with van der Waals surface area (Å²) in [5.74, 6) is -2.24. The predicted octanol–water partition coefficient (Wildman–Crippen LogP) is 6.60. The van der Waals surface area contributed by atoms with E-state index in [0.717, 1.165) is 82.7 Å². The highest BCUT2D eigenvalue weighted by atomic mass is 79.9. The van der Waals surface area contributed by atoms with Crippen LogP contribution in [0.25, 0.3) is 17.5 Å².